The van der Waals surface area contributed by atoms with Crippen LogP contribution in [0.5, 0.6) is 0 Å². The number of rotatable bonds is 6. The van der Waals surface area contributed by atoms with Gasteiger partial charge in [0.25, 0.3) is 0 Å². The lowest BCUT2D eigenvalue weighted by Crippen LogP contribution is -2.53. The fourth-order valence-corrected chi connectivity index (χ4v) is 1.96. The van der Waals surface area contributed by atoms with E-state index in [0.717, 1.165) is 13.1 Å². The molecule has 1 N–H and O–H groups in total. The standard InChI is InChI=1S/C13H28N2/c1-8-9-15(13(4,5)6)12(10-14-7)11(2)3/h8,11-12,14H,1,9-10H2,2-7H3. The van der Waals surface area contributed by atoms with Crippen molar-refractivity contribution in [1.82, 2.24) is 10.2 Å². The van der Waals surface area contributed by atoms with Gasteiger partial charge in [-0.2, -0.15) is 0 Å². The lowest BCUT2D eigenvalue weighted by Gasteiger charge is -2.43. The van der Waals surface area contributed by atoms with Crippen molar-refractivity contribution in [2.75, 3.05) is 20.1 Å². The molecule has 0 aliphatic heterocycles. The van der Waals surface area contributed by atoms with Gasteiger partial charge < -0.3 is 5.32 Å². The summed E-state index contributed by atoms with van der Waals surface area (Å²) >= 11 is 0. The molecule has 0 aromatic rings. The highest BCUT2D eigenvalue weighted by atomic mass is 15.2. The Morgan fingerprint density at radius 1 is 1.33 bits per heavy atom. The minimum absolute atomic E-state index is 0.194. The number of nitrogens with one attached hydrogen (secondary N) is 1. The molecule has 0 radical (unpaired) electrons. The zero-order valence-electron chi connectivity index (χ0n) is 11.3. The monoisotopic (exact) mass is 212 g/mol. The lowest BCUT2D eigenvalue weighted by atomic mass is 9.95. The maximum Gasteiger partial charge on any atom is 0.0251 e. The molecule has 2 nitrogen and oxygen atoms in total. The van der Waals surface area contributed by atoms with Crippen molar-refractivity contribution in [2.45, 2.75) is 46.2 Å². The number of likely N-dealkylation sites (N-methyl/N-ethyl adjacent to an activating group) is 1. The third kappa shape index (κ3) is 4.80. The summed E-state index contributed by atoms with van der Waals surface area (Å²) in [4.78, 5) is 2.52. The quantitative estimate of drug-likeness (QED) is 0.681. The van der Waals surface area contributed by atoms with Gasteiger partial charge in [0.05, 0.1) is 0 Å². The van der Waals surface area contributed by atoms with Crippen molar-refractivity contribution in [3.63, 3.8) is 0 Å². The van der Waals surface area contributed by atoms with Crippen LogP contribution in [0.25, 0.3) is 0 Å². The van der Waals surface area contributed by atoms with E-state index in [0.29, 0.717) is 12.0 Å². The Labute approximate surface area is 95.7 Å². The average molecular weight is 212 g/mol. The van der Waals surface area contributed by atoms with Crippen LogP contribution in [-0.4, -0.2) is 36.6 Å². The first-order valence-corrected chi connectivity index (χ1v) is 5.86. The zero-order valence-corrected chi connectivity index (χ0v) is 11.3. The van der Waals surface area contributed by atoms with Crippen LogP contribution in [-0.2, 0) is 0 Å². The van der Waals surface area contributed by atoms with Gasteiger partial charge in [0.2, 0.25) is 0 Å². The maximum absolute atomic E-state index is 3.85. The molecule has 1 atom stereocenters. The van der Waals surface area contributed by atoms with Crippen LogP contribution in [0, 0.1) is 5.92 Å². The highest BCUT2D eigenvalue weighted by Crippen LogP contribution is 2.21. The van der Waals surface area contributed by atoms with Crippen molar-refractivity contribution in [2.24, 2.45) is 5.92 Å². The van der Waals surface area contributed by atoms with Crippen molar-refractivity contribution in [1.29, 1.82) is 0 Å². The Balaban J connectivity index is 4.74. The lowest BCUT2D eigenvalue weighted by molar-refractivity contribution is 0.0706. The Kier molecular flexibility index (Phi) is 6.15. The Morgan fingerprint density at radius 3 is 2.13 bits per heavy atom. The number of hydrogen-bond donors (Lipinski definition) is 1. The predicted molar refractivity (Wildman–Crippen MR) is 69.2 cm³/mol. The largest absolute Gasteiger partial charge is 0.318 e. The van der Waals surface area contributed by atoms with Crippen LogP contribution in [0.4, 0.5) is 0 Å². The molecular weight excluding hydrogens is 184 g/mol. The second kappa shape index (κ2) is 6.29. The van der Waals surface area contributed by atoms with E-state index in [4.69, 9.17) is 0 Å². The fourth-order valence-electron chi connectivity index (χ4n) is 1.96. The molecule has 0 heterocycles. The third-order valence-electron chi connectivity index (χ3n) is 2.77. The molecule has 0 aliphatic carbocycles. The van der Waals surface area contributed by atoms with Crippen LogP contribution in [0.2, 0.25) is 0 Å². The highest BCUT2D eigenvalue weighted by Gasteiger charge is 2.29. The van der Waals surface area contributed by atoms with Gasteiger partial charge in [-0.3, -0.25) is 4.90 Å². The van der Waals surface area contributed by atoms with Gasteiger partial charge in [0, 0.05) is 24.7 Å². The molecule has 1 unspecified atom stereocenters. The van der Waals surface area contributed by atoms with E-state index >= 15 is 0 Å². The number of hydrogen-bond acceptors (Lipinski definition) is 2. The smallest absolute Gasteiger partial charge is 0.0251 e. The summed E-state index contributed by atoms with van der Waals surface area (Å²) in [6, 6.07) is 0.563. The van der Waals surface area contributed by atoms with E-state index in [2.05, 4.69) is 51.4 Å². The summed E-state index contributed by atoms with van der Waals surface area (Å²) in [5.74, 6) is 0.650. The van der Waals surface area contributed by atoms with Gasteiger partial charge in [-0.25, -0.2) is 0 Å². The third-order valence-corrected chi connectivity index (χ3v) is 2.77. The molecule has 0 aromatic carbocycles. The van der Waals surface area contributed by atoms with E-state index in [-0.39, 0.29) is 5.54 Å². The first kappa shape index (κ1) is 14.7. The van der Waals surface area contributed by atoms with Crippen molar-refractivity contribution < 1.29 is 0 Å². The molecular formula is C13H28N2. The van der Waals surface area contributed by atoms with Gasteiger partial charge in [0.15, 0.2) is 0 Å². The van der Waals surface area contributed by atoms with Crippen molar-refractivity contribution in [3.8, 4) is 0 Å². The summed E-state index contributed by atoms with van der Waals surface area (Å²) in [5, 5.41) is 3.28. The highest BCUT2D eigenvalue weighted by molar-refractivity contribution is 4.90. The summed E-state index contributed by atoms with van der Waals surface area (Å²) in [7, 11) is 2.02. The predicted octanol–water partition coefficient (Wildman–Crippen LogP) is 2.52. The number of nitrogens with zero attached hydrogens (tertiary/aromatic N) is 1. The minimum Gasteiger partial charge on any atom is -0.318 e. The Morgan fingerprint density at radius 2 is 1.87 bits per heavy atom. The average Bonchev–Trinajstić information content (AvgIpc) is 2.09. The molecule has 0 fully saturated rings. The van der Waals surface area contributed by atoms with Crippen molar-refractivity contribution in [3.05, 3.63) is 12.7 Å². The van der Waals surface area contributed by atoms with Gasteiger partial charge >= 0.3 is 0 Å². The van der Waals surface area contributed by atoms with E-state index in [9.17, 15) is 0 Å². The topological polar surface area (TPSA) is 15.3 Å². The van der Waals surface area contributed by atoms with E-state index in [1.807, 2.05) is 13.1 Å². The first-order valence-electron chi connectivity index (χ1n) is 5.86. The van der Waals surface area contributed by atoms with Gasteiger partial charge in [-0.05, 0) is 33.7 Å². The summed E-state index contributed by atoms with van der Waals surface area (Å²) in [5.41, 5.74) is 0.194. The van der Waals surface area contributed by atoms with Crippen LogP contribution in [0.3, 0.4) is 0 Å². The Bertz CT molecular complexity index is 179. The van der Waals surface area contributed by atoms with Gasteiger partial charge in [-0.15, -0.1) is 6.58 Å². The molecule has 0 aromatic heterocycles. The molecule has 0 rings (SSSR count). The normalized spacial score (nSPS) is 14.7. The zero-order chi connectivity index (χ0) is 12.1. The van der Waals surface area contributed by atoms with E-state index in [1.165, 1.54) is 0 Å². The van der Waals surface area contributed by atoms with E-state index < -0.39 is 0 Å². The molecule has 15 heavy (non-hydrogen) atoms. The fraction of sp³-hybridized carbons (Fsp3) is 0.846. The first-order chi connectivity index (χ1) is 6.84. The molecule has 0 saturated heterocycles. The SMILES string of the molecule is C=CCN(C(CNC)C(C)C)C(C)(C)C. The molecule has 90 valence electrons. The molecule has 0 bridgehead atoms. The van der Waals surface area contributed by atoms with Crippen LogP contribution in [0.15, 0.2) is 12.7 Å². The summed E-state index contributed by atoms with van der Waals surface area (Å²) in [6.07, 6.45) is 2.00. The summed E-state index contributed by atoms with van der Waals surface area (Å²) in [6.45, 7) is 17.2. The summed E-state index contributed by atoms with van der Waals surface area (Å²) < 4.78 is 0. The Hall–Kier alpha value is -0.340. The van der Waals surface area contributed by atoms with Crippen LogP contribution >= 0.6 is 0 Å². The molecule has 0 amide bonds. The maximum atomic E-state index is 3.85. The molecule has 0 spiro atoms. The molecule has 0 aliphatic rings. The van der Waals surface area contributed by atoms with Crippen molar-refractivity contribution >= 4 is 0 Å². The van der Waals surface area contributed by atoms with E-state index in [1.54, 1.807) is 0 Å². The van der Waals surface area contributed by atoms with Gasteiger partial charge in [0.1, 0.15) is 0 Å². The molecule has 2 heteroatoms. The van der Waals surface area contributed by atoms with Gasteiger partial charge in [-0.1, -0.05) is 19.9 Å². The van der Waals surface area contributed by atoms with Crippen LogP contribution < -0.4 is 5.32 Å². The minimum atomic E-state index is 0.194. The second-order valence-corrected chi connectivity index (χ2v) is 5.48. The second-order valence-electron chi connectivity index (χ2n) is 5.48. The molecule has 0 saturated carbocycles. The van der Waals surface area contributed by atoms with Crippen LogP contribution in [0.1, 0.15) is 34.6 Å².